The Bertz CT molecular complexity index is 626. The number of halogens is 1. The zero-order valence-electron chi connectivity index (χ0n) is 11.9. The molecule has 0 fully saturated rings. The van der Waals surface area contributed by atoms with Crippen molar-refractivity contribution >= 4 is 23.2 Å². The molecule has 0 aliphatic heterocycles. The smallest absolute Gasteiger partial charge is 0.255 e. The van der Waals surface area contributed by atoms with E-state index >= 15 is 0 Å². The van der Waals surface area contributed by atoms with Crippen LogP contribution in [-0.4, -0.2) is 19.6 Å². The average molecular weight is 306 g/mol. The number of anilines is 1. The summed E-state index contributed by atoms with van der Waals surface area (Å²) >= 11 is 5.94. The second kappa shape index (κ2) is 6.99. The van der Waals surface area contributed by atoms with E-state index in [2.05, 4.69) is 5.32 Å². The van der Waals surface area contributed by atoms with Crippen molar-refractivity contribution in [1.29, 1.82) is 0 Å². The van der Waals surface area contributed by atoms with Crippen LogP contribution in [0.5, 0.6) is 11.5 Å². The van der Waals surface area contributed by atoms with E-state index in [1.54, 1.807) is 42.5 Å². The Morgan fingerprint density at radius 1 is 1.19 bits per heavy atom. The molecule has 4 nitrogen and oxygen atoms in total. The lowest BCUT2D eigenvalue weighted by atomic mass is 10.2. The molecule has 0 radical (unpaired) electrons. The molecular formula is C16H16ClNO3. The molecule has 2 aromatic rings. The number of nitrogens with one attached hydrogen (secondary N) is 1. The second-order valence-corrected chi connectivity index (χ2v) is 4.69. The fraction of sp³-hybridized carbons (Fsp3) is 0.188. The van der Waals surface area contributed by atoms with Crippen molar-refractivity contribution in [3.05, 3.63) is 53.1 Å². The lowest BCUT2D eigenvalue weighted by molar-refractivity contribution is 0.102. The van der Waals surface area contributed by atoms with E-state index in [-0.39, 0.29) is 5.91 Å². The second-order valence-electron chi connectivity index (χ2n) is 4.26. The van der Waals surface area contributed by atoms with E-state index in [0.29, 0.717) is 28.6 Å². The number of benzene rings is 2. The van der Waals surface area contributed by atoms with Crippen LogP contribution in [0, 0.1) is 0 Å². The predicted octanol–water partition coefficient (Wildman–Crippen LogP) is 4.00. The topological polar surface area (TPSA) is 47.6 Å². The van der Waals surface area contributed by atoms with Crippen molar-refractivity contribution in [2.24, 2.45) is 0 Å². The van der Waals surface area contributed by atoms with E-state index in [1.165, 1.54) is 7.11 Å². The minimum atomic E-state index is -0.237. The first-order valence-corrected chi connectivity index (χ1v) is 6.89. The predicted molar refractivity (Wildman–Crippen MR) is 83.6 cm³/mol. The normalized spacial score (nSPS) is 10.0. The summed E-state index contributed by atoms with van der Waals surface area (Å²) in [6.07, 6.45) is 0. The lowest BCUT2D eigenvalue weighted by Crippen LogP contribution is -2.12. The maximum Gasteiger partial charge on any atom is 0.255 e. The molecular weight excluding hydrogens is 290 g/mol. The van der Waals surface area contributed by atoms with Crippen molar-refractivity contribution in [3.8, 4) is 11.5 Å². The molecule has 5 heteroatoms. The summed E-state index contributed by atoms with van der Waals surface area (Å²) in [6.45, 7) is 2.50. The molecule has 2 rings (SSSR count). The van der Waals surface area contributed by atoms with Gasteiger partial charge in [-0.05, 0) is 49.4 Å². The average Bonchev–Trinajstić information content (AvgIpc) is 2.48. The number of amides is 1. The van der Waals surface area contributed by atoms with Crippen LogP contribution in [0.25, 0.3) is 0 Å². The third kappa shape index (κ3) is 3.89. The van der Waals surface area contributed by atoms with Crippen LogP contribution in [0.2, 0.25) is 5.02 Å². The van der Waals surface area contributed by atoms with E-state index < -0.39 is 0 Å². The summed E-state index contributed by atoms with van der Waals surface area (Å²) in [5, 5.41) is 3.31. The van der Waals surface area contributed by atoms with Gasteiger partial charge >= 0.3 is 0 Å². The number of methoxy groups -OCH3 is 1. The Hall–Kier alpha value is -2.20. The minimum absolute atomic E-state index is 0.237. The Labute approximate surface area is 128 Å². The van der Waals surface area contributed by atoms with Crippen LogP contribution in [-0.2, 0) is 0 Å². The molecule has 0 aliphatic rings. The highest BCUT2D eigenvalue weighted by Gasteiger charge is 2.10. The van der Waals surface area contributed by atoms with Gasteiger partial charge in [-0.3, -0.25) is 4.79 Å². The van der Waals surface area contributed by atoms with Crippen molar-refractivity contribution < 1.29 is 14.3 Å². The first-order valence-electron chi connectivity index (χ1n) is 6.51. The number of carbonyl (C=O) groups excluding carboxylic acids is 1. The van der Waals surface area contributed by atoms with Crippen LogP contribution < -0.4 is 14.8 Å². The van der Waals surface area contributed by atoms with Crippen LogP contribution in [0.15, 0.2) is 42.5 Å². The summed E-state index contributed by atoms with van der Waals surface area (Å²) in [6, 6.07) is 12.0. The van der Waals surface area contributed by atoms with Crippen molar-refractivity contribution in [3.63, 3.8) is 0 Å². The van der Waals surface area contributed by atoms with E-state index in [0.717, 1.165) is 5.75 Å². The molecule has 0 unspecified atom stereocenters. The zero-order chi connectivity index (χ0) is 15.2. The van der Waals surface area contributed by atoms with E-state index in [4.69, 9.17) is 21.1 Å². The van der Waals surface area contributed by atoms with Gasteiger partial charge in [0.2, 0.25) is 0 Å². The third-order valence-electron chi connectivity index (χ3n) is 2.84. The quantitative estimate of drug-likeness (QED) is 0.908. The maximum absolute atomic E-state index is 12.2. The number of rotatable bonds is 5. The van der Waals surface area contributed by atoms with Gasteiger partial charge in [-0.25, -0.2) is 0 Å². The molecule has 0 saturated carbocycles. The van der Waals surface area contributed by atoms with Crippen molar-refractivity contribution in [1.82, 2.24) is 0 Å². The van der Waals surface area contributed by atoms with Gasteiger partial charge in [0.1, 0.15) is 11.5 Å². The highest BCUT2D eigenvalue weighted by atomic mass is 35.5. The van der Waals surface area contributed by atoms with Gasteiger partial charge in [0.25, 0.3) is 5.91 Å². The Morgan fingerprint density at radius 2 is 1.90 bits per heavy atom. The molecule has 0 aliphatic carbocycles. The van der Waals surface area contributed by atoms with Gasteiger partial charge in [-0.2, -0.15) is 0 Å². The van der Waals surface area contributed by atoms with Gasteiger partial charge in [-0.1, -0.05) is 11.6 Å². The minimum Gasteiger partial charge on any atom is -0.495 e. The summed E-state index contributed by atoms with van der Waals surface area (Å²) in [7, 11) is 1.54. The van der Waals surface area contributed by atoms with Gasteiger partial charge in [0, 0.05) is 10.6 Å². The lowest BCUT2D eigenvalue weighted by Gasteiger charge is -2.11. The van der Waals surface area contributed by atoms with E-state index in [9.17, 15) is 4.79 Å². The molecule has 0 bridgehead atoms. The summed E-state index contributed by atoms with van der Waals surface area (Å²) in [4.78, 5) is 12.2. The SMILES string of the molecule is CCOc1ccc(C(=O)Nc2cc(Cl)ccc2OC)cc1. The Balaban J connectivity index is 2.15. The molecule has 0 heterocycles. The summed E-state index contributed by atoms with van der Waals surface area (Å²) in [5.74, 6) is 1.05. The summed E-state index contributed by atoms with van der Waals surface area (Å²) < 4.78 is 10.5. The van der Waals surface area contributed by atoms with Crippen molar-refractivity contribution in [2.75, 3.05) is 19.0 Å². The molecule has 2 aromatic carbocycles. The third-order valence-corrected chi connectivity index (χ3v) is 3.07. The molecule has 0 atom stereocenters. The molecule has 0 saturated heterocycles. The molecule has 1 amide bonds. The molecule has 0 spiro atoms. The van der Waals surface area contributed by atoms with Gasteiger partial charge < -0.3 is 14.8 Å². The first-order chi connectivity index (χ1) is 10.1. The molecule has 110 valence electrons. The Kier molecular flexibility index (Phi) is 5.06. The zero-order valence-corrected chi connectivity index (χ0v) is 12.6. The maximum atomic E-state index is 12.2. The monoisotopic (exact) mass is 305 g/mol. The molecule has 21 heavy (non-hydrogen) atoms. The van der Waals surface area contributed by atoms with Gasteiger partial charge in [-0.15, -0.1) is 0 Å². The van der Waals surface area contributed by atoms with E-state index in [1.807, 2.05) is 6.92 Å². The number of ether oxygens (including phenoxy) is 2. The summed E-state index contributed by atoms with van der Waals surface area (Å²) in [5.41, 5.74) is 1.06. The highest BCUT2D eigenvalue weighted by molar-refractivity contribution is 6.31. The van der Waals surface area contributed by atoms with Crippen molar-refractivity contribution in [2.45, 2.75) is 6.92 Å². The van der Waals surface area contributed by atoms with Crippen LogP contribution in [0.4, 0.5) is 5.69 Å². The molecule has 0 aromatic heterocycles. The fourth-order valence-electron chi connectivity index (χ4n) is 1.84. The number of hydrogen-bond acceptors (Lipinski definition) is 3. The van der Waals surface area contributed by atoms with Crippen LogP contribution >= 0.6 is 11.6 Å². The fourth-order valence-corrected chi connectivity index (χ4v) is 2.01. The largest absolute Gasteiger partial charge is 0.495 e. The van der Waals surface area contributed by atoms with Gasteiger partial charge in [0.05, 0.1) is 19.4 Å². The highest BCUT2D eigenvalue weighted by Crippen LogP contribution is 2.28. The van der Waals surface area contributed by atoms with Crippen LogP contribution in [0.1, 0.15) is 17.3 Å². The number of carbonyl (C=O) groups is 1. The van der Waals surface area contributed by atoms with Gasteiger partial charge in [0.15, 0.2) is 0 Å². The standard InChI is InChI=1S/C16H16ClNO3/c1-3-21-13-7-4-11(5-8-13)16(19)18-14-10-12(17)6-9-15(14)20-2/h4-10H,3H2,1-2H3,(H,18,19). The van der Waals surface area contributed by atoms with Crippen LogP contribution in [0.3, 0.4) is 0 Å². The molecule has 1 N–H and O–H groups in total. The first kappa shape index (κ1) is 15.2. The number of hydrogen-bond donors (Lipinski definition) is 1. The Morgan fingerprint density at radius 3 is 2.52 bits per heavy atom.